The lowest BCUT2D eigenvalue weighted by Crippen LogP contribution is -2.09. The van der Waals surface area contributed by atoms with E-state index in [0.717, 1.165) is 27.4 Å². The van der Waals surface area contributed by atoms with Gasteiger partial charge in [-0.05, 0) is 17.9 Å². The Hall–Kier alpha value is -1.23. The summed E-state index contributed by atoms with van der Waals surface area (Å²) >= 11 is 4.92. The van der Waals surface area contributed by atoms with Crippen LogP contribution in [0.2, 0.25) is 0 Å². The third-order valence-corrected chi connectivity index (χ3v) is 8.85. The normalized spacial score (nSPS) is 19.5. The first-order valence-electron chi connectivity index (χ1n) is 7.72. The van der Waals surface area contributed by atoms with Crippen LogP contribution in [-0.2, 0) is 22.6 Å². The number of thiophene rings is 1. The van der Waals surface area contributed by atoms with Crippen LogP contribution in [0, 0.1) is 0 Å². The Balaban J connectivity index is 1.44. The SMILES string of the molecule is Cn1c(SCc2csc(-c3cccs3)n2)nnc1C1CCS(=O)(=O)C1. The van der Waals surface area contributed by atoms with Gasteiger partial charge in [-0.1, -0.05) is 17.8 Å². The number of hydrogen-bond acceptors (Lipinski definition) is 8. The van der Waals surface area contributed by atoms with Crippen molar-refractivity contribution in [1.29, 1.82) is 0 Å². The van der Waals surface area contributed by atoms with E-state index in [1.54, 1.807) is 34.4 Å². The Morgan fingerprint density at radius 2 is 2.24 bits per heavy atom. The molecule has 1 aliphatic rings. The number of hydrogen-bond donors (Lipinski definition) is 0. The second kappa shape index (κ2) is 6.82. The molecular weight excluding hydrogens is 396 g/mol. The monoisotopic (exact) mass is 412 g/mol. The van der Waals surface area contributed by atoms with E-state index in [9.17, 15) is 8.42 Å². The Kier molecular flexibility index (Phi) is 4.69. The van der Waals surface area contributed by atoms with Gasteiger partial charge < -0.3 is 4.57 Å². The molecule has 25 heavy (non-hydrogen) atoms. The highest BCUT2D eigenvalue weighted by molar-refractivity contribution is 7.98. The van der Waals surface area contributed by atoms with E-state index in [4.69, 9.17) is 0 Å². The molecule has 1 unspecified atom stereocenters. The summed E-state index contributed by atoms with van der Waals surface area (Å²) in [6, 6.07) is 4.10. The molecule has 0 aliphatic carbocycles. The lowest BCUT2D eigenvalue weighted by atomic mass is 10.1. The lowest BCUT2D eigenvalue weighted by molar-refractivity contribution is 0.599. The molecule has 6 nitrogen and oxygen atoms in total. The molecule has 10 heteroatoms. The summed E-state index contributed by atoms with van der Waals surface area (Å²) in [5, 5.41) is 14.4. The molecule has 132 valence electrons. The maximum atomic E-state index is 11.7. The van der Waals surface area contributed by atoms with E-state index < -0.39 is 9.84 Å². The van der Waals surface area contributed by atoms with E-state index in [1.807, 2.05) is 17.7 Å². The molecule has 1 atom stereocenters. The van der Waals surface area contributed by atoms with Crippen LogP contribution in [0.4, 0.5) is 0 Å². The van der Waals surface area contributed by atoms with E-state index in [1.165, 1.54) is 4.88 Å². The number of nitrogens with zero attached hydrogens (tertiary/aromatic N) is 4. The largest absolute Gasteiger partial charge is 0.309 e. The second-order valence-corrected chi connectivity index (χ2v) is 10.9. The predicted molar refractivity (Wildman–Crippen MR) is 102 cm³/mol. The Labute approximate surface area is 158 Å². The van der Waals surface area contributed by atoms with Crippen molar-refractivity contribution in [3.8, 4) is 9.88 Å². The zero-order chi connectivity index (χ0) is 17.4. The lowest BCUT2D eigenvalue weighted by Gasteiger charge is -2.07. The number of thioether (sulfide) groups is 1. The number of rotatable bonds is 5. The quantitative estimate of drug-likeness (QED) is 0.599. The molecule has 1 fully saturated rings. The van der Waals surface area contributed by atoms with Crippen LogP contribution in [0.5, 0.6) is 0 Å². The van der Waals surface area contributed by atoms with Crippen molar-refractivity contribution in [2.45, 2.75) is 23.2 Å². The molecular formula is C15H16N4O2S4. The molecule has 0 saturated carbocycles. The third kappa shape index (κ3) is 3.67. The predicted octanol–water partition coefficient (Wildman–Crippen LogP) is 3.19. The van der Waals surface area contributed by atoms with E-state index in [2.05, 4.69) is 32.0 Å². The van der Waals surface area contributed by atoms with Gasteiger partial charge in [0, 0.05) is 24.1 Å². The summed E-state index contributed by atoms with van der Waals surface area (Å²) < 4.78 is 25.3. The van der Waals surface area contributed by atoms with Crippen molar-refractivity contribution in [2.75, 3.05) is 11.5 Å². The Bertz CT molecular complexity index is 975. The minimum atomic E-state index is -2.92. The fourth-order valence-corrected chi connectivity index (χ4v) is 7.12. The van der Waals surface area contributed by atoms with Gasteiger partial charge >= 0.3 is 0 Å². The number of aromatic nitrogens is 4. The highest BCUT2D eigenvalue weighted by Gasteiger charge is 2.32. The summed E-state index contributed by atoms with van der Waals surface area (Å²) in [4.78, 5) is 5.86. The summed E-state index contributed by atoms with van der Waals surface area (Å²) in [6.07, 6.45) is 0.634. The maximum absolute atomic E-state index is 11.7. The van der Waals surface area contributed by atoms with Gasteiger partial charge in [-0.25, -0.2) is 13.4 Å². The van der Waals surface area contributed by atoms with Gasteiger partial charge in [0.2, 0.25) is 0 Å². The standard InChI is InChI=1S/C15H16N4O2S4/c1-19-13(10-4-6-25(20,21)9-10)17-18-15(19)24-8-11-7-23-14(16-11)12-3-2-5-22-12/h2-3,5,7,10H,4,6,8-9H2,1H3. The summed E-state index contributed by atoms with van der Waals surface area (Å²) in [5.41, 5.74) is 1.02. The molecule has 0 spiro atoms. The van der Waals surface area contributed by atoms with Crippen LogP contribution in [0.3, 0.4) is 0 Å². The summed E-state index contributed by atoms with van der Waals surface area (Å²) in [6.45, 7) is 0. The van der Waals surface area contributed by atoms with Crippen LogP contribution in [0.25, 0.3) is 9.88 Å². The molecule has 3 aromatic heterocycles. The fourth-order valence-electron chi connectivity index (χ4n) is 2.83. The minimum Gasteiger partial charge on any atom is -0.309 e. The summed E-state index contributed by atoms with van der Waals surface area (Å²) in [5.74, 6) is 1.87. The van der Waals surface area contributed by atoms with E-state index >= 15 is 0 Å². The van der Waals surface area contributed by atoms with Crippen molar-refractivity contribution in [3.05, 3.63) is 34.4 Å². The molecule has 0 aromatic carbocycles. The van der Waals surface area contributed by atoms with Gasteiger partial charge in [-0.15, -0.1) is 32.9 Å². The number of thiazole rings is 1. The second-order valence-electron chi connectivity index (χ2n) is 5.91. The van der Waals surface area contributed by atoms with Gasteiger partial charge in [-0.3, -0.25) is 0 Å². The first kappa shape index (κ1) is 17.2. The topological polar surface area (TPSA) is 77.7 Å². The zero-order valence-corrected chi connectivity index (χ0v) is 16.7. The molecule has 4 rings (SSSR count). The maximum Gasteiger partial charge on any atom is 0.191 e. The Morgan fingerprint density at radius 3 is 2.96 bits per heavy atom. The Morgan fingerprint density at radius 1 is 1.36 bits per heavy atom. The van der Waals surface area contributed by atoms with Gasteiger partial charge in [-0.2, -0.15) is 0 Å². The van der Waals surface area contributed by atoms with Gasteiger partial charge in [0.05, 0.1) is 22.1 Å². The van der Waals surface area contributed by atoms with Crippen molar-refractivity contribution < 1.29 is 8.42 Å². The molecule has 0 N–H and O–H groups in total. The zero-order valence-electron chi connectivity index (χ0n) is 13.5. The molecule has 1 aliphatic heterocycles. The molecule has 0 amide bonds. The molecule has 1 saturated heterocycles. The average Bonchev–Trinajstić information content (AvgIpc) is 3.32. The van der Waals surface area contributed by atoms with E-state index in [0.29, 0.717) is 6.42 Å². The third-order valence-electron chi connectivity index (χ3n) is 4.10. The van der Waals surface area contributed by atoms with Crippen LogP contribution in [0.15, 0.2) is 28.0 Å². The van der Waals surface area contributed by atoms with Gasteiger partial charge in [0.1, 0.15) is 10.8 Å². The average molecular weight is 413 g/mol. The van der Waals surface area contributed by atoms with Crippen LogP contribution >= 0.6 is 34.4 Å². The summed E-state index contributed by atoms with van der Waals surface area (Å²) in [7, 11) is -1.02. The van der Waals surface area contributed by atoms with Crippen LogP contribution in [-0.4, -0.2) is 39.7 Å². The molecule has 3 aromatic rings. The fraction of sp³-hybridized carbons (Fsp3) is 0.400. The smallest absolute Gasteiger partial charge is 0.191 e. The molecule has 0 radical (unpaired) electrons. The minimum absolute atomic E-state index is 0.0402. The highest BCUT2D eigenvalue weighted by Crippen LogP contribution is 2.32. The first-order valence-corrected chi connectivity index (χ1v) is 12.3. The first-order chi connectivity index (χ1) is 12.0. The van der Waals surface area contributed by atoms with Crippen LogP contribution in [0.1, 0.15) is 23.9 Å². The molecule has 0 bridgehead atoms. The van der Waals surface area contributed by atoms with Gasteiger partial charge in [0.15, 0.2) is 15.0 Å². The molecule has 4 heterocycles. The van der Waals surface area contributed by atoms with Crippen molar-refractivity contribution in [3.63, 3.8) is 0 Å². The van der Waals surface area contributed by atoms with E-state index in [-0.39, 0.29) is 17.4 Å². The van der Waals surface area contributed by atoms with Gasteiger partial charge in [0.25, 0.3) is 0 Å². The van der Waals surface area contributed by atoms with Crippen molar-refractivity contribution in [1.82, 2.24) is 19.7 Å². The van der Waals surface area contributed by atoms with Crippen LogP contribution < -0.4 is 0 Å². The number of sulfone groups is 1. The van der Waals surface area contributed by atoms with Crippen molar-refractivity contribution in [2.24, 2.45) is 7.05 Å². The highest BCUT2D eigenvalue weighted by atomic mass is 32.2. The van der Waals surface area contributed by atoms with Crippen molar-refractivity contribution >= 4 is 44.3 Å².